The van der Waals surface area contributed by atoms with E-state index in [1.54, 1.807) is 0 Å². The maximum atomic E-state index is 14.7. The third-order valence-corrected chi connectivity index (χ3v) is 22.9. The quantitative estimate of drug-likeness (QED) is 0.0392. The Morgan fingerprint density at radius 2 is 0.672 bits per heavy atom. The smallest absolute Gasteiger partial charge is 0.199 e. The number of carbonyl (C=O) groups excluding carboxylic acids is 1. The van der Waals surface area contributed by atoms with E-state index in [0.29, 0.717) is 5.78 Å². The highest BCUT2D eigenvalue weighted by atomic mass is 31.2. The molecule has 58 heavy (non-hydrogen) atoms. The minimum Gasteiger partial charge on any atom is -0.290 e. The van der Waals surface area contributed by atoms with Crippen LogP contribution >= 0.6 is 7.26 Å². The molecule has 0 amide bonds. The van der Waals surface area contributed by atoms with Crippen LogP contribution in [-0.4, -0.2) is 28.9 Å². The summed E-state index contributed by atoms with van der Waals surface area (Å²) in [6.07, 6.45) is 57.4. The largest absolute Gasteiger partial charge is 0.290 e. The molecule has 3 aliphatic carbocycles. The van der Waals surface area contributed by atoms with Crippen LogP contribution in [0.25, 0.3) is 0 Å². The Labute approximate surface area is 364 Å². The molecule has 2 heteroatoms. The Hall–Kier alpha value is -0.680. The summed E-state index contributed by atoms with van der Waals surface area (Å²) in [7, 11) is -1.52. The zero-order valence-corrected chi connectivity index (χ0v) is 40.4. The Morgan fingerprint density at radius 1 is 0.397 bits per heavy atom. The summed E-state index contributed by atoms with van der Waals surface area (Å²) in [6.45, 7) is 6.99. The van der Waals surface area contributed by atoms with Crippen LogP contribution in [0.3, 0.4) is 0 Å². The second-order valence-electron chi connectivity index (χ2n) is 20.8. The third kappa shape index (κ3) is 18.3. The molecule has 1 aromatic rings. The van der Waals surface area contributed by atoms with Crippen molar-refractivity contribution < 1.29 is 4.79 Å². The minimum atomic E-state index is -1.52. The number of ketones is 1. The Kier molecular flexibility index (Phi) is 26.9. The van der Waals surface area contributed by atoms with Crippen LogP contribution in [0.5, 0.6) is 0 Å². The lowest BCUT2D eigenvalue weighted by atomic mass is 9.84. The van der Waals surface area contributed by atoms with Gasteiger partial charge in [0.1, 0.15) is 6.16 Å². The molecule has 0 bridgehead atoms. The average molecular weight is 820 g/mol. The highest BCUT2D eigenvalue weighted by molar-refractivity contribution is 7.78. The lowest BCUT2D eigenvalue weighted by Crippen LogP contribution is -2.41. The SMILES string of the molecule is CCCCCCCCCCC1CCC([P+](CC(=O)c2ccccc2)(C2CCC(CCCCCCCCCC)CC2)C2CCC(CCCCCCCCCC)CC2)CC1. The molecule has 0 N–H and O–H groups in total. The fourth-order valence-corrected chi connectivity index (χ4v) is 19.7. The minimum absolute atomic E-state index is 0.525. The number of unbranched alkanes of at least 4 members (excludes halogenated alkanes) is 21. The van der Waals surface area contributed by atoms with E-state index in [9.17, 15) is 4.79 Å². The average Bonchev–Trinajstić information content (AvgIpc) is 3.26. The van der Waals surface area contributed by atoms with Crippen molar-refractivity contribution in [3.63, 3.8) is 0 Å². The summed E-state index contributed by atoms with van der Waals surface area (Å²) >= 11 is 0. The molecule has 0 atom stereocenters. The van der Waals surface area contributed by atoms with Gasteiger partial charge in [-0.15, -0.1) is 0 Å². The van der Waals surface area contributed by atoms with Gasteiger partial charge in [0, 0.05) is 12.8 Å². The molecule has 0 radical (unpaired) electrons. The first-order valence-corrected chi connectivity index (χ1v) is 29.2. The number of rotatable bonds is 33. The summed E-state index contributed by atoms with van der Waals surface area (Å²) in [5, 5.41) is 0. The zero-order chi connectivity index (χ0) is 40.9. The van der Waals surface area contributed by atoms with Gasteiger partial charge in [0.05, 0.1) is 17.0 Å². The summed E-state index contributed by atoms with van der Waals surface area (Å²) in [5.41, 5.74) is 3.59. The number of hydrogen-bond donors (Lipinski definition) is 0. The van der Waals surface area contributed by atoms with Crippen molar-refractivity contribution in [2.75, 3.05) is 6.16 Å². The van der Waals surface area contributed by atoms with Crippen LogP contribution < -0.4 is 0 Å². The molecule has 334 valence electrons. The molecule has 3 aliphatic rings. The molecule has 0 aliphatic heterocycles. The van der Waals surface area contributed by atoms with Gasteiger partial charge in [0.25, 0.3) is 0 Å². The molecule has 1 aromatic carbocycles. The van der Waals surface area contributed by atoms with Gasteiger partial charge in [-0.05, 0) is 94.8 Å². The van der Waals surface area contributed by atoms with Crippen LogP contribution in [-0.2, 0) is 0 Å². The summed E-state index contributed by atoms with van der Waals surface area (Å²) < 4.78 is 0. The van der Waals surface area contributed by atoms with Gasteiger partial charge < -0.3 is 0 Å². The molecule has 0 unspecified atom stereocenters. The van der Waals surface area contributed by atoms with Crippen LogP contribution in [0, 0.1) is 17.8 Å². The molecule has 0 spiro atoms. The Morgan fingerprint density at radius 3 is 0.966 bits per heavy atom. The predicted octanol–water partition coefficient (Wildman–Crippen LogP) is 19.2. The molecule has 3 saturated carbocycles. The second-order valence-corrected chi connectivity index (χ2v) is 25.3. The second kappa shape index (κ2) is 31.2. The van der Waals surface area contributed by atoms with Crippen molar-refractivity contribution in [1.29, 1.82) is 0 Å². The Bertz CT molecular complexity index is 1010. The molecule has 0 saturated heterocycles. The Balaban J connectivity index is 1.40. The third-order valence-electron chi connectivity index (χ3n) is 16.4. The van der Waals surface area contributed by atoms with Gasteiger partial charge in [-0.1, -0.05) is 224 Å². The van der Waals surface area contributed by atoms with Crippen LogP contribution in [0.4, 0.5) is 0 Å². The van der Waals surface area contributed by atoms with Gasteiger partial charge in [-0.25, -0.2) is 0 Å². The van der Waals surface area contributed by atoms with Crippen LogP contribution in [0.1, 0.15) is 282 Å². The number of Topliss-reactive ketones (excluding diaryl/α,β-unsaturated/α-hetero) is 1. The van der Waals surface area contributed by atoms with Crippen molar-refractivity contribution in [1.82, 2.24) is 0 Å². The molecule has 1 nitrogen and oxygen atoms in total. The topological polar surface area (TPSA) is 17.1 Å². The normalized spacial score (nSPS) is 25.1. The van der Waals surface area contributed by atoms with E-state index in [-0.39, 0.29) is 0 Å². The maximum Gasteiger partial charge on any atom is 0.199 e. The summed E-state index contributed by atoms with van der Waals surface area (Å²) in [5.74, 6) is 3.38. The summed E-state index contributed by atoms with van der Waals surface area (Å²) in [4.78, 5) is 14.7. The molecule has 0 aromatic heterocycles. The monoisotopic (exact) mass is 820 g/mol. The highest BCUT2D eigenvalue weighted by Gasteiger charge is 2.59. The molecular formula is C56H100OP+. The van der Waals surface area contributed by atoms with E-state index in [0.717, 1.165) is 46.5 Å². The van der Waals surface area contributed by atoms with Gasteiger partial charge in [0.15, 0.2) is 5.78 Å². The van der Waals surface area contributed by atoms with Crippen molar-refractivity contribution >= 4 is 13.0 Å². The fourth-order valence-electron chi connectivity index (χ4n) is 12.7. The molecule has 4 rings (SSSR count). The van der Waals surface area contributed by atoms with Crippen LogP contribution in [0.15, 0.2) is 30.3 Å². The van der Waals surface area contributed by atoms with E-state index in [2.05, 4.69) is 51.1 Å². The van der Waals surface area contributed by atoms with Gasteiger partial charge in [-0.2, -0.15) is 0 Å². The maximum absolute atomic E-state index is 14.7. The summed E-state index contributed by atoms with van der Waals surface area (Å²) in [6, 6.07) is 10.7. The van der Waals surface area contributed by atoms with E-state index >= 15 is 0 Å². The number of carbonyl (C=O) groups is 1. The van der Waals surface area contributed by atoms with Gasteiger partial charge in [-0.3, -0.25) is 4.79 Å². The van der Waals surface area contributed by atoms with E-state index in [1.165, 1.54) is 250 Å². The first-order chi connectivity index (χ1) is 28.6. The van der Waals surface area contributed by atoms with E-state index in [4.69, 9.17) is 0 Å². The van der Waals surface area contributed by atoms with Crippen molar-refractivity contribution in [3.8, 4) is 0 Å². The van der Waals surface area contributed by atoms with Crippen molar-refractivity contribution in [3.05, 3.63) is 35.9 Å². The molecular weight excluding hydrogens is 720 g/mol. The number of benzene rings is 1. The van der Waals surface area contributed by atoms with E-state index < -0.39 is 7.26 Å². The van der Waals surface area contributed by atoms with Gasteiger partial charge in [0.2, 0.25) is 0 Å². The van der Waals surface area contributed by atoms with Gasteiger partial charge >= 0.3 is 0 Å². The molecule has 3 fully saturated rings. The zero-order valence-electron chi connectivity index (χ0n) is 39.5. The molecule has 0 heterocycles. The lowest BCUT2D eigenvalue weighted by Gasteiger charge is -2.50. The fraction of sp³-hybridized carbons (Fsp3) is 0.875. The lowest BCUT2D eigenvalue weighted by molar-refractivity contribution is 0.101. The predicted molar refractivity (Wildman–Crippen MR) is 261 cm³/mol. The highest BCUT2D eigenvalue weighted by Crippen LogP contribution is 2.78. The van der Waals surface area contributed by atoms with Crippen molar-refractivity contribution in [2.45, 2.75) is 288 Å². The van der Waals surface area contributed by atoms with Crippen molar-refractivity contribution in [2.24, 2.45) is 17.8 Å². The number of hydrogen-bond acceptors (Lipinski definition) is 1. The van der Waals surface area contributed by atoms with Crippen LogP contribution in [0.2, 0.25) is 0 Å². The standard InChI is InChI=1S/C56H100OP/c1-4-7-10-13-16-19-22-26-31-49-36-42-53(43-37-49)58(48-56(57)52-34-29-25-30-35-52,54-44-38-50(39-45-54)32-27-23-20-17-14-11-8-5-2)55-46-40-51(41-47-55)33-28-24-21-18-15-12-9-6-3/h25,29-30,34-35,49-51,53-55H,4-24,26-28,31-33,36-48H2,1-3H3/q+1. The first kappa shape index (κ1) is 50.0. The first-order valence-electron chi connectivity index (χ1n) is 27.1. The van der Waals surface area contributed by atoms with E-state index in [1.807, 2.05) is 0 Å².